The van der Waals surface area contributed by atoms with Gasteiger partial charge in [0.1, 0.15) is 0 Å². The molecule has 150 valence electrons. The van der Waals surface area contributed by atoms with E-state index in [1.807, 2.05) is 42.5 Å². The van der Waals surface area contributed by atoms with Gasteiger partial charge in [0.2, 0.25) is 10.0 Å². The van der Waals surface area contributed by atoms with E-state index in [0.29, 0.717) is 24.4 Å². The van der Waals surface area contributed by atoms with Crippen molar-refractivity contribution in [3.8, 4) is 0 Å². The van der Waals surface area contributed by atoms with Crippen LogP contribution in [0.25, 0.3) is 0 Å². The fourth-order valence-electron chi connectivity index (χ4n) is 3.54. The van der Waals surface area contributed by atoms with Crippen LogP contribution in [0.15, 0.2) is 71.6 Å². The van der Waals surface area contributed by atoms with Gasteiger partial charge in [0.15, 0.2) is 0 Å². The molecule has 8 heteroatoms. The number of aliphatic carboxylic acids is 1. The van der Waals surface area contributed by atoms with Gasteiger partial charge in [-0.1, -0.05) is 54.1 Å². The van der Waals surface area contributed by atoms with Crippen molar-refractivity contribution in [2.24, 2.45) is 5.92 Å². The fourth-order valence-corrected chi connectivity index (χ4v) is 5.34. The van der Waals surface area contributed by atoms with E-state index in [2.05, 4.69) is 0 Å². The Bertz CT molecular complexity index is 948. The summed E-state index contributed by atoms with van der Waals surface area (Å²) in [6.07, 6.45) is 4.96. The summed E-state index contributed by atoms with van der Waals surface area (Å²) >= 11 is 5.90. The molecule has 0 spiro atoms. The molecule has 0 aliphatic carbocycles. The first-order chi connectivity index (χ1) is 13.4. The molecule has 5 nitrogen and oxygen atoms in total. The normalized spacial score (nSPS) is 19.9. The maximum absolute atomic E-state index is 13.3. The number of hydrogen-bond acceptors (Lipinski definition) is 3. The number of rotatable bonds is 7. The standard InChI is InChI=1S/C21H22ClNO4S.Na.H/c22-18-10-12-19(13-11-18)28(26,27)23-15-14-17(8-4-5-9-20(24)25)21(23)16-6-2-1-3-7-16;;/h1-4,6-8,10-13,17,21H,5,9,14-15H2,(H,24,25);;/b8-4-;;. The summed E-state index contributed by atoms with van der Waals surface area (Å²) in [7, 11) is -3.68. The SMILES string of the molecule is O=C(O)CC/C=C\C1CCN(S(=O)(=O)c2ccc(Cl)cc2)C1c1ccccc1.[NaH]. The van der Waals surface area contributed by atoms with E-state index in [1.165, 1.54) is 16.4 Å². The summed E-state index contributed by atoms with van der Waals surface area (Å²) in [5.74, 6) is -0.860. The van der Waals surface area contributed by atoms with Crippen molar-refractivity contribution in [2.75, 3.05) is 6.54 Å². The second-order valence-electron chi connectivity index (χ2n) is 6.74. The number of hydrogen-bond donors (Lipinski definition) is 1. The Morgan fingerprint density at radius 2 is 1.79 bits per heavy atom. The van der Waals surface area contributed by atoms with Crippen LogP contribution in [0, 0.1) is 5.92 Å². The van der Waals surface area contributed by atoms with E-state index in [-0.39, 0.29) is 52.8 Å². The van der Waals surface area contributed by atoms with Gasteiger partial charge in [-0.25, -0.2) is 8.42 Å². The van der Waals surface area contributed by atoms with Crippen molar-refractivity contribution in [3.63, 3.8) is 0 Å². The molecule has 0 saturated carbocycles. The van der Waals surface area contributed by atoms with Gasteiger partial charge in [0.25, 0.3) is 0 Å². The summed E-state index contributed by atoms with van der Waals surface area (Å²) in [6.45, 7) is 0.401. The van der Waals surface area contributed by atoms with E-state index >= 15 is 0 Å². The fraction of sp³-hybridized carbons (Fsp3) is 0.286. The van der Waals surface area contributed by atoms with Crippen LogP contribution in [0.5, 0.6) is 0 Å². The Hall–Kier alpha value is -1.15. The zero-order valence-electron chi connectivity index (χ0n) is 15.2. The van der Waals surface area contributed by atoms with Crippen molar-refractivity contribution in [2.45, 2.75) is 30.2 Å². The monoisotopic (exact) mass is 443 g/mol. The van der Waals surface area contributed by atoms with Crippen molar-refractivity contribution >= 4 is 57.2 Å². The van der Waals surface area contributed by atoms with Crippen LogP contribution < -0.4 is 0 Å². The number of allylic oxidation sites excluding steroid dienone is 1. The van der Waals surface area contributed by atoms with E-state index in [9.17, 15) is 13.2 Å². The number of benzene rings is 2. The van der Waals surface area contributed by atoms with Crippen LogP contribution in [0.3, 0.4) is 0 Å². The maximum atomic E-state index is 13.3. The Kier molecular flexibility index (Phi) is 8.94. The van der Waals surface area contributed by atoms with E-state index in [4.69, 9.17) is 16.7 Å². The molecule has 1 saturated heterocycles. The molecule has 2 unspecified atom stereocenters. The third-order valence-corrected chi connectivity index (χ3v) is 7.02. The Morgan fingerprint density at radius 1 is 1.14 bits per heavy atom. The molecule has 0 radical (unpaired) electrons. The summed E-state index contributed by atoms with van der Waals surface area (Å²) in [6, 6.07) is 15.4. The van der Waals surface area contributed by atoms with Gasteiger partial charge in [-0.05, 0) is 48.6 Å². The number of nitrogens with zero attached hydrogens (tertiary/aromatic N) is 1. The average Bonchev–Trinajstić information content (AvgIpc) is 3.11. The van der Waals surface area contributed by atoms with Gasteiger partial charge < -0.3 is 5.11 Å². The Labute approximate surface area is 198 Å². The van der Waals surface area contributed by atoms with Gasteiger partial charge in [-0.15, -0.1) is 0 Å². The molecular weight excluding hydrogens is 421 g/mol. The van der Waals surface area contributed by atoms with Crippen LogP contribution in [-0.2, 0) is 14.8 Å². The van der Waals surface area contributed by atoms with Crippen molar-refractivity contribution in [3.05, 3.63) is 77.3 Å². The minimum absolute atomic E-state index is 0. The number of carbonyl (C=O) groups is 1. The Morgan fingerprint density at radius 3 is 2.41 bits per heavy atom. The van der Waals surface area contributed by atoms with E-state index in [1.54, 1.807) is 12.1 Å². The first-order valence-corrected chi connectivity index (χ1v) is 10.9. The number of sulfonamides is 1. The van der Waals surface area contributed by atoms with Crippen LogP contribution in [0.4, 0.5) is 0 Å². The summed E-state index contributed by atoms with van der Waals surface area (Å²) in [5.41, 5.74) is 0.922. The molecule has 1 N–H and O–H groups in total. The Balaban J connectivity index is 0.00000300. The first-order valence-electron chi connectivity index (χ1n) is 9.10. The molecule has 1 fully saturated rings. The molecule has 0 aromatic heterocycles. The van der Waals surface area contributed by atoms with Crippen LogP contribution in [0.1, 0.15) is 30.9 Å². The molecule has 29 heavy (non-hydrogen) atoms. The van der Waals surface area contributed by atoms with E-state index < -0.39 is 16.0 Å². The average molecular weight is 444 g/mol. The zero-order chi connectivity index (χ0) is 20.1. The molecule has 0 amide bonds. The van der Waals surface area contributed by atoms with Crippen molar-refractivity contribution in [1.82, 2.24) is 4.31 Å². The summed E-state index contributed by atoms with van der Waals surface area (Å²) in [5, 5.41) is 9.28. The predicted molar refractivity (Wildman–Crippen MR) is 116 cm³/mol. The quantitative estimate of drug-likeness (QED) is 0.520. The molecule has 0 bridgehead atoms. The molecule has 2 aromatic rings. The van der Waals surface area contributed by atoms with Gasteiger partial charge in [-0.3, -0.25) is 4.79 Å². The number of carboxylic acid groups (broad SMARTS) is 1. The first kappa shape index (κ1) is 24.1. The van der Waals surface area contributed by atoms with Crippen molar-refractivity contribution in [1.29, 1.82) is 0 Å². The van der Waals surface area contributed by atoms with Crippen LogP contribution in [0.2, 0.25) is 5.02 Å². The van der Waals surface area contributed by atoms with E-state index in [0.717, 1.165) is 5.56 Å². The number of halogens is 1. The van der Waals surface area contributed by atoms with Crippen LogP contribution in [-0.4, -0.2) is 59.9 Å². The molecule has 1 aliphatic heterocycles. The molecule has 2 atom stereocenters. The third-order valence-electron chi connectivity index (χ3n) is 4.87. The van der Waals surface area contributed by atoms with Gasteiger partial charge >= 0.3 is 35.5 Å². The minimum atomic E-state index is -3.68. The molecular formula is C21H23ClNNaO4S. The van der Waals surface area contributed by atoms with Crippen molar-refractivity contribution < 1.29 is 18.3 Å². The van der Waals surface area contributed by atoms with Gasteiger partial charge in [0, 0.05) is 18.0 Å². The predicted octanol–water partition coefficient (Wildman–Crippen LogP) is 3.86. The number of carboxylic acids is 1. The molecule has 3 rings (SSSR count). The summed E-state index contributed by atoms with van der Waals surface area (Å²) < 4.78 is 28.1. The zero-order valence-corrected chi connectivity index (χ0v) is 16.8. The van der Waals surface area contributed by atoms with Crippen LogP contribution >= 0.6 is 11.6 Å². The topological polar surface area (TPSA) is 74.7 Å². The third kappa shape index (κ3) is 5.94. The molecule has 1 aliphatic rings. The second-order valence-corrected chi connectivity index (χ2v) is 9.07. The second kappa shape index (κ2) is 10.8. The molecule has 2 aromatic carbocycles. The van der Waals surface area contributed by atoms with Gasteiger partial charge in [-0.2, -0.15) is 4.31 Å². The van der Waals surface area contributed by atoms with Gasteiger partial charge in [0.05, 0.1) is 10.9 Å². The summed E-state index contributed by atoms with van der Waals surface area (Å²) in [4.78, 5) is 10.9. The molecule has 1 heterocycles.